The number of anilines is 2. The summed E-state index contributed by atoms with van der Waals surface area (Å²) < 4.78 is 18.9. The maximum absolute atomic E-state index is 13.6. The summed E-state index contributed by atoms with van der Waals surface area (Å²) in [5.41, 5.74) is 11.4. The lowest BCUT2D eigenvalue weighted by Crippen LogP contribution is -2.32. The zero-order valence-corrected chi connectivity index (χ0v) is 10.7. The number of halogens is 1. The first-order valence-electron chi connectivity index (χ1n) is 5.62. The number of benzene rings is 1. The molecule has 0 fully saturated rings. The van der Waals surface area contributed by atoms with Crippen LogP contribution in [0.2, 0.25) is 0 Å². The summed E-state index contributed by atoms with van der Waals surface area (Å²) in [6.45, 7) is 5.16. The maximum Gasteiger partial charge on any atom is 0.239 e. The molecule has 1 aromatic rings. The Morgan fingerprint density at radius 1 is 1.39 bits per heavy atom. The first-order valence-corrected chi connectivity index (χ1v) is 5.62. The number of hydrogen-bond donors (Lipinski definition) is 3. The molecule has 100 valence electrons. The molecular weight excluding hydrogens is 237 g/mol. The predicted molar refractivity (Wildman–Crippen MR) is 68.9 cm³/mol. The maximum atomic E-state index is 13.6. The van der Waals surface area contributed by atoms with Crippen molar-refractivity contribution in [3.63, 3.8) is 0 Å². The smallest absolute Gasteiger partial charge is 0.239 e. The van der Waals surface area contributed by atoms with Crippen LogP contribution < -0.4 is 21.5 Å². The number of carbonyl (C=O) groups is 1. The van der Waals surface area contributed by atoms with E-state index in [4.69, 9.17) is 16.2 Å². The highest BCUT2D eigenvalue weighted by Crippen LogP contribution is 2.29. The standard InChI is InChI=1S/C12H18FN3O2/c1-6(2)18-11-5-10(9(14)4-8(11)13)16-7(3)12(15)17/h4-7,16H,14H2,1-3H3,(H2,15,17). The van der Waals surface area contributed by atoms with Crippen LogP contribution in [0.5, 0.6) is 5.75 Å². The molecule has 5 nitrogen and oxygen atoms in total. The van der Waals surface area contributed by atoms with E-state index in [1.165, 1.54) is 6.07 Å². The second-order valence-electron chi connectivity index (χ2n) is 4.30. The molecule has 1 aromatic carbocycles. The van der Waals surface area contributed by atoms with E-state index in [-0.39, 0.29) is 17.5 Å². The summed E-state index contributed by atoms with van der Waals surface area (Å²) >= 11 is 0. The minimum atomic E-state index is -0.607. The van der Waals surface area contributed by atoms with E-state index in [0.717, 1.165) is 6.07 Å². The molecule has 5 N–H and O–H groups in total. The molecule has 1 unspecified atom stereocenters. The molecule has 6 heteroatoms. The fraction of sp³-hybridized carbons (Fsp3) is 0.417. The molecule has 0 spiro atoms. The highest BCUT2D eigenvalue weighted by Gasteiger charge is 2.14. The van der Waals surface area contributed by atoms with E-state index in [9.17, 15) is 9.18 Å². The van der Waals surface area contributed by atoms with Gasteiger partial charge in [0.1, 0.15) is 6.04 Å². The van der Waals surface area contributed by atoms with Crippen molar-refractivity contribution < 1.29 is 13.9 Å². The monoisotopic (exact) mass is 255 g/mol. The quantitative estimate of drug-likeness (QED) is 0.695. The van der Waals surface area contributed by atoms with Crippen molar-refractivity contribution in [1.82, 2.24) is 0 Å². The van der Waals surface area contributed by atoms with E-state index in [0.29, 0.717) is 5.69 Å². The van der Waals surface area contributed by atoms with Crippen LogP contribution in [0.4, 0.5) is 15.8 Å². The van der Waals surface area contributed by atoms with Crippen LogP contribution in [0, 0.1) is 5.82 Å². The number of amides is 1. The molecule has 18 heavy (non-hydrogen) atoms. The number of nitrogen functional groups attached to an aromatic ring is 1. The van der Waals surface area contributed by atoms with Crippen molar-refractivity contribution in [2.45, 2.75) is 32.9 Å². The summed E-state index contributed by atoms with van der Waals surface area (Å²) in [5.74, 6) is -0.984. The second kappa shape index (κ2) is 5.57. The normalized spacial score (nSPS) is 12.3. The van der Waals surface area contributed by atoms with Crippen molar-refractivity contribution in [1.29, 1.82) is 0 Å². The van der Waals surface area contributed by atoms with E-state index in [2.05, 4.69) is 5.32 Å². The van der Waals surface area contributed by atoms with E-state index in [1.54, 1.807) is 20.8 Å². The zero-order chi connectivity index (χ0) is 13.9. The highest BCUT2D eigenvalue weighted by molar-refractivity contribution is 5.84. The minimum Gasteiger partial charge on any atom is -0.488 e. The minimum absolute atomic E-state index is 0.0818. The van der Waals surface area contributed by atoms with E-state index in [1.807, 2.05) is 0 Å². The first-order chi connectivity index (χ1) is 8.31. The molecule has 0 bridgehead atoms. The Morgan fingerprint density at radius 2 is 2.00 bits per heavy atom. The molecule has 0 aliphatic carbocycles. The van der Waals surface area contributed by atoms with E-state index < -0.39 is 17.8 Å². The number of ether oxygens (including phenoxy) is 1. The number of nitrogens with one attached hydrogen (secondary N) is 1. The molecule has 1 amide bonds. The van der Waals surface area contributed by atoms with Gasteiger partial charge < -0.3 is 21.5 Å². The topological polar surface area (TPSA) is 90.4 Å². The summed E-state index contributed by atoms with van der Waals surface area (Å²) in [7, 11) is 0. The molecule has 0 saturated carbocycles. The van der Waals surface area contributed by atoms with Crippen LogP contribution in [0.25, 0.3) is 0 Å². The van der Waals surface area contributed by atoms with Gasteiger partial charge in [0.2, 0.25) is 5.91 Å². The third-order valence-corrected chi connectivity index (χ3v) is 2.27. The Balaban J connectivity index is 3.01. The average Bonchev–Trinajstić information content (AvgIpc) is 2.24. The van der Waals surface area contributed by atoms with Gasteiger partial charge in [-0.25, -0.2) is 4.39 Å². The van der Waals surface area contributed by atoms with Gasteiger partial charge in [-0.1, -0.05) is 0 Å². The molecule has 0 aliphatic rings. The molecule has 0 aromatic heterocycles. The van der Waals surface area contributed by atoms with Crippen molar-refractivity contribution >= 4 is 17.3 Å². The molecule has 1 atom stereocenters. The van der Waals surface area contributed by atoms with Gasteiger partial charge in [0.15, 0.2) is 11.6 Å². The highest BCUT2D eigenvalue weighted by atomic mass is 19.1. The van der Waals surface area contributed by atoms with Gasteiger partial charge in [-0.3, -0.25) is 4.79 Å². The third kappa shape index (κ3) is 3.51. The number of rotatable bonds is 5. The van der Waals surface area contributed by atoms with Gasteiger partial charge in [0.05, 0.1) is 17.5 Å². The van der Waals surface area contributed by atoms with Crippen LogP contribution in [0.15, 0.2) is 12.1 Å². The Labute approximate surface area is 105 Å². The van der Waals surface area contributed by atoms with Gasteiger partial charge in [0, 0.05) is 12.1 Å². The number of nitrogens with two attached hydrogens (primary N) is 2. The molecular formula is C12H18FN3O2. The second-order valence-corrected chi connectivity index (χ2v) is 4.30. The van der Waals surface area contributed by atoms with Gasteiger partial charge in [-0.05, 0) is 20.8 Å². The van der Waals surface area contributed by atoms with Crippen LogP contribution in [0.1, 0.15) is 20.8 Å². The Hall–Kier alpha value is -1.98. The van der Waals surface area contributed by atoms with Crippen molar-refractivity contribution in [3.8, 4) is 5.75 Å². The Morgan fingerprint density at radius 3 is 2.50 bits per heavy atom. The molecule has 0 aliphatic heterocycles. The van der Waals surface area contributed by atoms with Crippen molar-refractivity contribution in [2.24, 2.45) is 5.73 Å². The summed E-state index contributed by atoms with van der Waals surface area (Å²) in [6.07, 6.45) is -0.162. The lowest BCUT2D eigenvalue weighted by molar-refractivity contribution is -0.118. The summed E-state index contributed by atoms with van der Waals surface area (Å²) in [4.78, 5) is 11.0. The Bertz CT molecular complexity index is 449. The fourth-order valence-corrected chi connectivity index (χ4v) is 1.34. The van der Waals surface area contributed by atoms with Crippen LogP contribution in [0.3, 0.4) is 0 Å². The summed E-state index contributed by atoms with van der Waals surface area (Å²) in [5, 5.41) is 2.80. The molecule has 0 saturated heterocycles. The lowest BCUT2D eigenvalue weighted by Gasteiger charge is -2.17. The SMILES string of the molecule is CC(C)Oc1cc(NC(C)C(N)=O)c(N)cc1F. The van der Waals surface area contributed by atoms with Crippen LogP contribution in [-0.4, -0.2) is 18.1 Å². The van der Waals surface area contributed by atoms with Crippen molar-refractivity contribution in [2.75, 3.05) is 11.1 Å². The van der Waals surface area contributed by atoms with Crippen molar-refractivity contribution in [3.05, 3.63) is 17.9 Å². The molecule has 0 radical (unpaired) electrons. The number of hydrogen-bond acceptors (Lipinski definition) is 4. The fourth-order valence-electron chi connectivity index (χ4n) is 1.34. The molecule has 1 rings (SSSR count). The average molecular weight is 255 g/mol. The number of primary amides is 1. The predicted octanol–water partition coefficient (Wildman–Crippen LogP) is 1.48. The Kier molecular flexibility index (Phi) is 4.36. The van der Waals surface area contributed by atoms with Crippen LogP contribution in [-0.2, 0) is 4.79 Å². The van der Waals surface area contributed by atoms with Gasteiger partial charge >= 0.3 is 0 Å². The molecule has 0 heterocycles. The number of carbonyl (C=O) groups excluding carboxylic acids is 1. The largest absolute Gasteiger partial charge is 0.488 e. The zero-order valence-electron chi connectivity index (χ0n) is 10.7. The van der Waals surface area contributed by atoms with Gasteiger partial charge in [-0.2, -0.15) is 0 Å². The summed E-state index contributed by atoms with van der Waals surface area (Å²) in [6, 6.07) is 1.96. The third-order valence-electron chi connectivity index (χ3n) is 2.27. The lowest BCUT2D eigenvalue weighted by atomic mass is 10.2. The first kappa shape index (κ1) is 14.1. The van der Waals surface area contributed by atoms with E-state index >= 15 is 0 Å². The van der Waals surface area contributed by atoms with Gasteiger partial charge in [-0.15, -0.1) is 0 Å². The van der Waals surface area contributed by atoms with Gasteiger partial charge in [0.25, 0.3) is 0 Å². The van der Waals surface area contributed by atoms with Crippen LogP contribution >= 0.6 is 0 Å².